The van der Waals surface area contributed by atoms with E-state index in [9.17, 15) is 18.4 Å². The van der Waals surface area contributed by atoms with E-state index in [1.165, 1.54) is 36.9 Å². The summed E-state index contributed by atoms with van der Waals surface area (Å²) in [7, 11) is 3.55. The number of carbonyl (C=O) groups excluding carboxylic acids is 1. The summed E-state index contributed by atoms with van der Waals surface area (Å²) in [5.74, 6) is -0.425. The first kappa shape index (κ1) is 45.9. The molecule has 2 aromatic heterocycles. The van der Waals surface area contributed by atoms with Crippen LogP contribution in [0.2, 0.25) is 0 Å². The van der Waals surface area contributed by atoms with Gasteiger partial charge in [0.1, 0.15) is 28.7 Å². The van der Waals surface area contributed by atoms with Crippen molar-refractivity contribution in [3.8, 4) is 11.5 Å². The number of rotatable bonds is 8. The first-order valence-corrected chi connectivity index (χ1v) is 19.9. The Balaban J connectivity index is 0.000000217. The maximum atomic E-state index is 13.4. The quantitative estimate of drug-likeness (QED) is 0.120. The molecule has 2 aliphatic heterocycles. The minimum Gasteiger partial charge on any atom is -0.496 e. The van der Waals surface area contributed by atoms with Crippen molar-refractivity contribution in [3.63, 3.8) is 0 Å². The summed E-state index contributed by atoms with van der Waals surface area (Å²) in [4.78, 5) is 37.1. The minimum atomic E-state index is -0.982. The van der Waals surface area contributed by atoms with Crippen LogP contribution in [0.4, 0.5) is 8.78 Å². The number of ether oxygens (including phenoxy) is 2. The molecule has 0 aliphatic carbocycles. The third-order valence-electron chi connectivity index (χ3n) is 11.1. The van der Waals surface area contributed by atoms with Gasteiger partial charge in [-0.1, -0.05) is 24.3 Å². The summed E-state index contributed by atoms with van der Waals surface area (Å²) < 4.78 is 47.9. The van der Waals surface area contributed by atoms with Gasteiger partial charge in [0.15, 0.2) is 0 Å². The van der Waals surface area contributed by atoms with Crippen LogP contribution < -0.4 is 14.8 Å². The number of halogens is 2. The zero-order valence-corrected chi connectivity index (χ0v) is 39.7. The molecule has 0 saturated carbocycles. The number of amides is 1. The summed E-state index contributed by atoms with van der Waals surface area (Å²) >= 11 is 0. The number of aromatic amines is 2. The average molecular weight is 1060 g/mol. The van der Waals surface area contributed by atoms with Crippen LogP contribution in [0, 0.1) is 42.7 Å². The van der Waals surface area contributed by atoms with E-state index < -0.39 is 5.97 Å². The number of hydrogen-bond donors (Lipinski definition) is 4. The number of fused-ring (bicyclic) bond motifs is 2. The van der Waals surface area contributed by atoms with Crippen LogP contribution in [0.5, 0.6) is 11.5 Å². The molecule has 1 amide bonds. The van der Waals surface area contributed by atoms with Crippen LogP contribution >= 0.6 is 0 Å². The van der Waals surface area contributed by atoms with E-state index in [0.717, 1.165) is 60.1 Å². The predicted octanol–water partition coefficient (Wildman–Crippen LogP) is 7.02. The number of H-pyrrole nitrogens is 2. The zero-order valence-electron chi connectivity index (χ0n) is 37.5. The van der Waals surface area contributed by atoms with E-state index in [-0.39, 0.29) is 66.3 Å². The molecule has 4 atom stereocenters. The maximum Gasteiger partial charge on any atom is 0.339 e. The van der Waals surface area contributed by atoms with Crippen molar-refractivity contribution in [2.75, 3.05) is 40.4 Å². The second kappa shape index (κ2) is 22.4. The van der Waals surface area contributed by atoms with Gasteiger partial charge >= 0.3 is 5.97 Å². The molecule has 4 aromatic carbocycles. The molecule has 2 saturated heterocycles. The van der Waals surface area contributed by atoms with E-state index in [4.69, 9.17) is 17.3 Å². The number of hydrogen-bond acceptors (Lipinski definition) is 7. The Morgan fingerprint density at radius 3 is 1.69 bits per heavy atom. The summed E-state index contributed by atoms with van der Waals surface area (Å²) in [6, 6.07) is 25.6. The van der Waals surface area contributed by atoms with Gasteiger partial charge in [-0.25, -0.2) is 13.6 Å². The molecule has 2 aliphatic rings. The average Bonchev–Trinajstić information content (AvgIpc) is 3.93. The fraction of sp³-hybridized carbons (Fsp3) is 0.348. The number of piperazine rings is 2. The number of nitrogens with zero attached hydrogens (tertiary/aromatic N) is 3. The van der Waals surface area contributed by atoms with E-state index >= 15 is 0 Å². The van der Waals surface area contributed by atoms with E-state index in [1.807, 2.05) is 59.6 Å². The molecule has 6 aromatic rings. The molecular weight excluding hydrogens is 1000 g/mol. The number of aromatic nitrogens is 2. The Morgan fingerprint density at radius 2 is 1.20 bits per heavy atom. The molecular formula is C46H56BF2N6O5U. The molecule has 15 heteroatoms. The molecule has 0 spiro atoms. The van der Waals surface area contributed by atoms with E-state index in [0.29, 0.717) is 44.0 Å². The number of carboxylic acid groups (broad SMARTS) is 1. The number of aromatic carboxylic acids is 1. The van der Waals surface area contributed by atoms with E-state index in [1.54, 1.807) is 25.4 Å². The largest absolute Gasteiger partial charge is 0.496 e. The Kier molecular flexibility index (Phi) is 16.9. The van der Waals surface area contributed by atoms with Gasteiger partial charge in [0.05, 0.1) is 28.1 Å². The Labute approximate surface area is 384 Å². The Bertz CT molecular complexity index is 2370. The summed E-state index contributed by atoms with van der Waals surface area (Å²) in [6.45, 7) is 13.8. The van der Waals surface area contributed by atoms with E-state index in [2.05, 4.69) is 52.8 Å². The predicted molar refractivity (Wildman–Crippen MR) is 236 cm³/mol. The molecule has 2 fully saturated rings. The summed E-state index contributed by atoms with van der Waals surface area (Å²) in [6.07, 6.45) is 3.62. The third-order valence-corrected chi connectivity index (χ3v) is 11.1. The molecule has 4 heterocycles. The van der Waals surface area contributed by atoms with Crippen molar-refractivity contribution >= 4 is 42.0 Å². The van der Waals surface area contributed by atoms with Crippen molar-refractivity contribution in [1.82, 2.24) is 30.0 Å². The van der Waals surface area contributed by atoms with Gasteiger partial charge in [0, 0.05) is 141 Å². The van der Waals surface area contributed by atoms with Gasteiger partial charge in [-0.2, -0.15) is 0 Å². The van der Waals surface area contributed by atoms with Gasteiger partial charge in [-0.15, -0.1) is 0 Å². The monoisotopic (exact) mass is 1060 g/mol. The second-order valence-corrected chi connectivity index (χ2v) is 15.5. The SMILES string of the molecule is COc1cc2[nH]ccc2cc1C(=O)N1C[C@H](C)N(Cc2ccc(F)cc2)C[C@H]1C.COc1cc2[nH]ccc2cc1C(=O)O.C[C@@H]1CN(Cc2ccc(F)cc2)[C@@H](C)CN1.[3H][B][3H].[U]. The van der Waals surface area contributed by atoms with Crippen molar-refractivity contribution < 1.29 is 64.1 Å². The topological polar surface area (TPSA) is 126 Å². The minimum absolute atomic E-state index is 0. The van der Waals surface area contributed by atoms with Crippen molar-refractivity contribution in [2.24, 2.45) is 0 Å². The van der Waals surface area contributed by atoms with Gasteiger partial charge in [-0.05, 0) is 90.0 Å². The molecule has 321 valence electrons. The van der Waals surface area contributed by atoms with Crippen molar-refractivity contribution in [2.45, 2.75) is 65.0 Å². The first-order valence-electron chi connectivity index (χ1n) is 21.0. The molecule has 0 unspecified atom stereocenters. The molecule has 8 rings (SSSR count). The number of benzene rings is 4. The second-order valence-electron chi connectivity index (χ2n) is 15.5. The van der Waals surface area contributed by atoms with Crippen LogP contribution in [0.25, 0.3) is 21.8 Å². The van der Waals surface area contributed by atoms with Gasteiger partial charge < -0.3 is 34.8 Å². The van der Waals surface area contributed by atoms with Crippen LogP contribution in [-0.2, 0) is 13.1 Å². The normalized spacial score (nSPS) is 19.3. The number of carboxylic acids is 1. The molecule has 1 radical (unpaired) electrons. The summed E-state index contributed by atoms with van der Waals surface area (Å²) in [5.41, 5.74) is 4.84. The van der Waals surface area contributed by atoms with Gasteiger partial charge in [0.25, 0.3) is 5.91 Å². The number of nitrogens with one attached hydrogen (secondary N) is 3. The van der Waals surface area contributed by atoms with Crippen LogP contribution in [-0.4, -0.2) is 117 Å². The Hall–Kier alpha value is -4.64. The standard InChI is InChI=1S/C23H26FN3O2.C13H19FN2.C10H9NO3.BH2.U/c1-15-13-27(16(2)12-26(15)14-17-4-6-19(24)7-5-17)23(28)20-10-18-8-9-25-21(18)11-22(20)29-3;1-10-8-16(11(2)7-15-10)9-12-3-5-13(14)6-4-12;1-14-9-5-8-6(2-3-11-8)4-7(9)10(12)13;;/h4-11,15-16,25H,12-14H2,1-3H3;3-6,10-11,15H,7-9H2,1-2H3;2-5,11H,1H3,(H,12,13);1H2;/t15-,16+;10-,11+;;;/m01.../s1/i;;;1T2;. The molecule has 11 nitrogen and oxygen atoms in total. The van der Waals surface area contributed by atoms with Crippen LogP contribution in [0.1, 0.15) is 59.5 Å². The van der Waals surface area contributed by atoms with Gasteiger partial charge in [0.2, 0.25) is 0 Å². The molecule has 4 N–H and O–H groups in total. The summed E-state index contributed by atoms with van der Waals surface area (Å²) in [5, 5.41) is 14.2. The molecule has 0 bridgehead atoms. The fourth-order valence-electron chi connectivity index (χ4n) is 7.66. The van der Waals surface area contributed by atoms with Crippen molar-refractivity contribution in [3.05, 3.63) is 131 Å². The van der Waals surface area contributed by atoms with Gasteiger partial charge in [-0.3, -0.25) is 14.6 Å². The fourth-order valence-corrected chi connectivity index (χ4v) is 7.66. The van der Waals surface area contributed by atoms with Crippen molar-refractivity contribution in [1.29, 1.82) is 2.67 Å². The zero-order chi connectivity index (χ0) is 44.9. The smallest absolute Gasteiger partial charge is 0.339 e. The first-order chi connectivity index (χ1) is 29.7. The number of methoxy groups -OCH3 is 2. The third kappa shape index (κ3) is 12.5. The maximum absolute atomic E-state index is 13.4. The molecule has 61 heavy (non-hydrogen) atoms. The Morgan fingerprint density at radius 1 is 0.721 bits per heavy atom. The van der Waals surface area contributed by atoms with Crippen LogP contribution in [0.3, 0.4) is 0 Å². The number of carbonyl (C=O) groups is 2. The van der Waals surface area contributed by atoms with Crippen LogP contribution in [0.15, 0.2) is 97.3 Å².